The molecule has 7 nitrogen and oxygen atoms in total. The van der Waals surface area contributed by atoms with Crippen LogP contribution in [0.1, 0.15) is 6.92 Å². The average molecular weight is 221 g/mol. The number of ether oxygens (including phenoxy) is 1. The number of rotatable bonds is 2. The predicted octanol–water partition coefficient (Wildman–Crippen LogP) is -3.08. The fraction of sp³-hybridized carbons (Fsp3) is 0.875. The molecule has 7 heteroatoms. The zero-order chi connectivity index (χ0) is 11.6. The van der Waals surface area contributed by atoms with Crippen LogP contribution in [0.3, 0.4) is 0 Å². The quantitative estimate of drug-likeness (QED) is 0.337. The third-order valence-electron chi connectivity index (χ3n) is 2.33. The van der Waals surface area contributed by atoms with Gasteiger partial charge in [0.1, 0.15) is 12.2 Å². The maximum absolute atomic E-state index is 10.7. The molecule has 1 fully saturated rings. The van der Waals surface area contributed by atoms with Crippen molar-refractivity contribution >= 4 is 5.91 Å². The fourth-order valence-electron chi connectivity index (χ4n) is 1.43. The van der Waals surface area contributed by atoms with Gasteiger partial charge in [0.05, 0.1) is 19.3 Å². The van der Waals surface area contributed by atoms with Gasteiger partial charge in [-0.25, -0.2) is 0 Å². The van der Waals surface area contributed by atoms with Crippen molar-refractivity contribution < 1.29 is 30.0 Å². The van der Waals surface area contributed by atoms with Crippen LogP contribution in [0.4, 0.5) is 0 Å². The van der Waals surface area contributed by atoms with Crippen molar-refractivity contribution in [3.05, 3.63) is 0 Å². The van der Waals surface area contributed by atoms with Crippen LogP contribution in [0.15, 0.2) is 0 Å². The number of carbonyl (C=O) groups excluding carboxylic acids is 1. The molecule has 0 spiro atoms. The largest absolute Gasteiger partial charge is 0.391 e. The normalized spacial score (nSPS) is 41.3. The van der Waals surface area contributed by atoms with Gasteiger partial charge in [-0.3, -0.25) is 4.79 Å². The van der Waals surface area contributed by atoms with E-state index in [1.54, 1.807) is 0 Å². The zero-order valence-electron chi connectivity index (χ0n) is 8.25. The summed E-state index contributed by atoms with van der Waals surface area (Å²) >= 11 is 0. The van der Waals surface area contributed by atoms with Gasteiger partial charge in [0, 0.05) is 6.92 Å². The first-order valence-electron chi connectivity index (χ1n) is 4.51. The van der Waals surface area contributed by atoms with Crippen molar-refractivity contribution in [3.8, 4) is 0 Å². The van der Waals surface area contributed by atoms with Crippen LogP contribution in [0, 0.1) is 0 Å². The summed E-state index contributed by atoms with van der Waals surface area (Å²) in [6.45, 7) is 0.235. The maximum atomic E-state index is 10.7. The highest BCUT2D eigenvalue weighted by Gasteiger charge is 2.48. The molecule has 4 atom stereocenters. The Labute approximate surface area is 86.3 Å². The summed E-state index contributed by atoms with van der Waals surface area (Å²) in [6.07, 6.45) is -3.06. The molecular weight excluding hydrogens is 206 g/mol. The molecule has 1 heterocycles. The van der Waals surface area contributed by atoms with Gasteiger partial charge in [-0.2, -0.15) is 0 Å². The molecule has 0 aromatic rings. The number of carbonyl (C=O) groups is 1. The van der Waals surface area contributed by atoms with Gasteiger partial charge in [0.2, 0.25) is 11.7 Å². The Hall–Kier alpha value is -0.730. The second kappa shape index (κ2) is 4.42. The van der Waals surface area contributed by atoms with E-state index in [1.807, 2.05) is 0 Å². The summed E-state index contributed by atoms with van der Waals surface area (Å²) < 4.78 is 4.79. The van der Waals surface area contributed by atoms with Crippen LogP contribution in [0.5, 0.6) is 0 Å². The third kappa shape index (κ3) is 2.44. The van der Waals surface area contributed by atoms with E-state index in [1.165, 1.54) is 6.92 Å². The van der Waals surface area contributed by atoms with Crippen molar-refractivity contribution in [2.24, 2.45) is 0 Å². The molecule has 0 aromatic carbocycles. The molecule has 5 N–H and O–H groups in total. The lowest BCUT2D eigenvalue weighted by Gasteiger charge is -2.42. The van der Waals surface area contributed by atoms with E-state index in [2.05, 4.69) is 5.32 Å². The predicted molar refractivity (Wildman–Crippen MR) is 47.6 cm³/mol. The minimum absolute atomic E-state index is 0.186. The monoisotopic (exact) mass is 221 g/mol. The second-order valence-electron chi connectivity index (χ2n) is 3.56. The van der Waals surface area contributed by atoms with E-state index in [4.69, 9.17) is 9.84 Å². The fourth-order valence-corrected chi connectivity index (χ4v) is 1.43. The lowest BCUT2D eigenvalue weighted by atomic mass is 9.95. The topological polar surface area (TPSA) is 119 Å². The molecule has 0 aromatic heterocycles. The maximum Gasteiger partial charge on any atom is 0.218 e. The first-order valence-corrected chi connectivity index (χ1v) is 4.51. The number of nitrogens with one attached hydrogen (secondary N) is 1. The lowest BCUT2D eigenvalue weighted by molar-refractivity contribution is -0.317. The standard InChI is InChI=1S/C8H15NO6/c1-4(11)9-5-2-15-8(14,3-10)7(13)6(5)12/h5-7,10,12-14H,2-3H2,1H3,(H,9,11)/t5-,6-,7+,8+/m1/s1. The number of hydrogen-bond acceptors (Lipinski definition) is 6. The second-order valence-corrected chi connectivity index (χ2v) is 3.56. The van der Waals surface area contributed by atoms with Gasteiger partial charge in [0.15, 0.2) is 0 Å². The highest BCUT2D eigenvalue weighted by atomic mass is 16.7. The summed E-state index contributed by atoms with van der Waals surface area (Å²) in [5, 5.41) is 39.6. The SMILES string of the molecule is CC(=O)N[C@@H]1CO[C@@](O)(CO)[C@@H](O)[C@@H]1O. The van der Waals surface area contributed by atoms with Crippen molar-refractivity contribution in [3.63, 3.8) is 0 Å². The van der Waals surface area contributed by atoms with Crippen LogP contribution < -0.4 is 5.32 Å². The third-order valence-corrected chi connectivity index (χ3v) is 2.33. The van der Waals surface area contributed by atoms with Gasteiger partial charge in [-0.1, -0.05) is 0 Å². The van der Waals surface area contributed by atoms with E-state index in [9.17, 15) is 20.1 Å². The van der Waals surface area contributed by atoms with Gasteiger partial charge < -0.3 is 30.5 Å². The first kappa shape index (κ1) is 12.3. The van der Waals surface area contributed by atoms with Crippen LogP contribution in [0.25, 0.3) is 0 Å². The van der Waals surface area contributed by atoms with E-state index >= 15 is 0 Å². The molecule has 0 aliphatic carbocycles. The molecule has 15 heavy (non-hydrogen) atoms. The van der Waals surface area contributed by atoms with E-state index in [0.717, 1.165) is 0 Å². The van der Waals surface area contributed by atoms with Gasteiger partial charge in [-0.05, 0) is 0 Å². The first-order chi connectivity index (χ1) is 6.90. The molecule has 1 saturated heterocycles. The van der Waals surface area contributed by atoms with Crippen LogP contribution >= 0.6 is 0 Å². The summed E-state index contributed by atoms with van der Waals surface area (Å²) in [4.78, 5) is 10.7. The molecule has 0 saturated carbocycles. The lowest BCUT2D eigenvalue weighted by Crippen LogP contribution is -2.66. The van der Waals surface area contributed by atoms with Gasteiger partial charge in [0.25, 0.3) is 0 Å². The number of hydrogen-bond donors (Lipinski definition) is 5. The Morgan fingerprint density at radius 2 is 2.20 bits per heavy atom. The molecule has 1 aliphatic heterocycles. The minimum Gasteiger partial charge on any atom is -0.391 e. The van der Waals surface area contributed by atoms with E-state index < -0.39 is 30.6 Å². The molecule has 0 bridgehead atoms. The molecule has 0 unspecified atom stereocenters. The molecule has 1 rings (SSSR count). The molecule has 1 amide bonds. The number of aliphatic hydroxyl groups is 4. The highest BCUT2D eigenvalue weighted by molar-refractivity contribution is 5.73. The van der Waals surface area contributed by atoms with Crippen LogP contribution in [0.2, 0.25) is 0 Å². The minimum atomic E-state index is -2.17. The Morgan fingerprint density at radius 1 is 1.60 bits per heavy atom. The molecule has 88 valence electrons. The number of aliphatic hydroxyl groups excluding tert-OH is 3. The molecule has 1 aliphatic rings. The van der Waals surface area contributed by atoms with Crippen molar-refractivity contribution in [1.29, 1.82) is 0 Å². The van der Waals surface area contributed by atoms with E-state index in [0.29, 0.717) is 0 Å². The number of amides is 1. The Morgan fingerprint density at radius 3 is 2.67 bits per heavy atom. The molecule has 0 radical (unpaired) electrons. The van der Waals surface area contributed by atoms with Crippen LogP contribution in [-0.4, -0.2) is 63.6 Å². The van der Waals surface area contributed by atoms with Crippen LogP contribution in [-0.2, 0) is 9.53 Å². The smallest absolute Gasteiger partial charge is 0.218 e. The summed E-state index contributed by atoms with van der Waals surface area (Å²) in [5.41, 5.74) is 0. The summed E-state index contributed by atoms with van der Waals surface area (Å²) in [7, 11) is 0. The Kier molecular flexibility index (Phi) is 3.63. The molecular formula is C8H15NO6. The van der Waals surface area contributed by atoms with Crippen molar-refractivity contribution in [2.75, 3.05) is 13.2 Å². The van der Waals surface area contributed by atoms with Gasteiger partial charge in [-0.15, -0.1) is 0 Å². The average Bonchev–Trinajstić information content (AvgIpc) is 2.19. The highest BCUT2D eigenvalue weighted by Crippen LogP contribution is 2.23. The van der Waals surface area contributed by atoms with Gasteiger partial charge >= 0.3 is 0 Å². The summed E-state index contributed by atoms with van der Waals surface area (Å²) in [6, 6.07) is -0.802. The van der Waals surface area contributed by atoms with Crippen molar-refractivity contribution in [1.82, 2.24) is 5.32 Å². The Balaban J connectivity index is 2.68. The van der Waals surface area contributed by atoms with Crippen molar-refractivity contribution in [2.45, 2.75) is 31.0 Å². The summed E-state index contributed by atoms with van der Waals surface area (Å²) in [5.74, 6) is -2.56. The zero-order valence-corrected chi connectivity index (χ0v) is 8.25. The van der Waals surface area contributed by atoms with E-state index in [-0.39, 0.29) is 12.5 Å². The Bertz CT molecular complexity index is 247.